The van der Waals surface area contributed by atoms with Crippen LogP contribution in [0.3, 0.4) is 0 Å². The van der Waals surface area contributed by atoms with Crippen LogP contribution in [0.25, 0.3) is 5.57 Å². The number of nitrogens with two attached hydrogens (primary N) is 1. The van der Waals surface area contributed by atoms with E-state index in [0.717, 1.165) is 42.4 Å². The Morgan fingerprint density at radius 1 is 1.42 bits per heavy atom. The molecule has 3 rings (SSSR count). The number of amidine groups is 1. The monoisotopic (exact) mass is 366 g/mol. The van der Waals surface area contributed by atoms with E-state index in [2.05, 4.69) is 6.92 Å². The van der Waals surface area contributed by atoms with Gasteiger partial charge in [0.05, 0.1) is 5.02 Å². The summed E-state index contributed by atoms with van der Waals surface area (Å²) in [5.41, 5.74) is 8.29. The van der Waals surface area contributed by atoms with Crippen LogP contribution in [0.5, 0.6) is 5.75 Å². The van der Waals surface area contributed by atoms with Crippen molar-refractivity contribution in [3.63, 3.8) is 0 Å². The van der Waals surface area contributed by atoms with Crippen molar-refractivity contribution in [3.8, 4) is 5.75 Å². The van der Waals surface area contributed by atoms with Gasteiger partial charge >= 0.3 is 0 Å². The zero-order valence-corrected chi connectivity index (χ0v) is 15.1. The maximum atomic E-state index is 12.0. The first-order valence-electron chi connectivity index (χ1n) is 8.10. The lowest BCUT2D eigenvalue weighted by molar-refractivity contribution is -0.115. The highest BCUT2D eigenvalue weighted by atomic mass is 35.5. The predicted octanol–water partition coefficient (Wildman–Crippen LogP) is 4.40. The molecule has 24 heavy (non-hydrogen) atoms. The van der Waals surface area contributed by atoms with E-state index in [-0.39, 0.29) is 23.6 Å². The summed E-state index contributed by atoms with van der Waals surface area (Å²) in [7, 11) is 0. The van der Waals surface area contributed by atoms with Crippen LogP contribution in [0.15, 0.2) is 12.1 Å². The van der Waals surface area contributed by atoms with Gasteiger partial charge in [0.1, 0.15) is 23.2 Å². The Bertz CT molecular complexity index is 758. The van der Waals surface area contributed by atoms with Crippen molar-refractivity contribution in [2.45, 2.75) is 39.0 Å². The number of fused-ring (bicyclic) bond motifs is 3. The number of ketones is 1. The number of nitrogens with one attached hydrogen (secondary N) is 1. The fourth-order valence-corrected chi connectivity index (χ4v) is 4.46. The van der Waals surface area contributed by atoms with E-state index in [1.807, 2.05) is 6.07 Å². The molecule has 1 aromatic carbocycles. The molecule has 0 heterocycles. The normalized spacial score (nSPS) is 22.0. The Hall–Kier alpha value is -1.52. The summed E-state index contributed by atoms with van der Waals surface area (Å²) in [4.78, 5) is 12.0. The van der Waals surface area contributed by atoms with Crippen LogP contribution < -0.4 is 10.5 Å². The Labute approximate surface area is 151 Å². The van der Waals surface area contributed by atoms with Crippen molar-refractivity contribution < 1.29 is 9.53 Å². The first-order chi connectivity index (χ1) is 11.4. The number of carbonyl (C=O) groups excluding carboxylic acids is 1. The molecule has 0 saturated heterocycles. The molecule has 0 fully saturated rings. The molecule has 0 amide bonds. The smallest absolute Gasteiger partial charge is 0.156 e. The third-order valence-electron chi connectivity index (χ3n) is 4.89. The predicted molar refractivity (Wildman–Crippen MR) is 97.1 cm³/mol. The van der Waals surface area contributed by atoms with Crippen molar-refractivity contribution in [1.29, 1.82) is 5.41 Å². The highest BCUT2D eigenvalue weighted by molar-refractivity contribution is 6.44. The fourth-order valence-electron chi connectivity index (χ4n) is 3.94. The van der Waals surface area contributed by atoms with Crippen molar-refractivity contribution in [3.05, 3.63) is 33.3 Å². The zero-order valence-electron chi connectivity index (χ0n) is 13.5. The molecular weight excluding hydrogens is 347 g/mol. The van der Waals surface area contributed by atoms with E-state index in [9.17, 15) is 4.79 Å². The first kappa shape index (κ1) is 17.3. The molecule has 0 spiro atoms. The lowest BCUT2D eigenvalue weighted by Crippen LogP contribution is -2.25. The molecule has 0 bridgehead atoms. The summed E-state index contributed by atoms with van der Waals surface area (Å²) in [6.07, 6.45) is 6.07. The number of allylic oxidation sites excluding steroid dienone is 2. The quantitative estimate of drug-likeness (QED) is 0.598. The van der Waals surface area contributed by atoms with Gasteiger partial charge in [0.2, 0.25) is 0 Å². The van der Waals surface area contributed by atoms with Gasteiger partial charge in [-0.3, -0.25) is 10.2 Å². The van der Waals surface area contributed by atoms with Gasteiger partial charge in [-0.2, -0.15) is 0 Å². The summed E-state index contributed by atoms with van der Waals surface area (Å²) in [5, 5.41) is 8.02. The Kier molecular flexibility index (Phi) is 4.63. The summed E-state index contributed by atoms with van der Waals surface area (Å²) in [5.74, 6) is 0.508. The molecular formula is C18H20Cl2N2O2. The molecule has 0 aliphatic heterocycles. The number of hydrogen-bond acceptors (Lipinski definition) is 3. The van der Waals surface area contributed by atoms with Gasteiger partial charge in [0, 0.05) is 17.4 Å². The zero-order chi connectivity index (χ0) is 17.5. The van der Waals surface area contributed by atoms with Crippen molar-refractivity contribution in [2.24, 2.45) is 11.1 Å². The van der Waals surface area contributed by atoms with Crippen LogP contribution in [0.1, 0.15) is 43.7 Å². The van der Waals surface area contributed by atoms with Crippen LogP contribution >= 0.6 is 23.2 Å². The molecule has 0 saturated carbocycles. The van der Waals surface area contributed by atoms with Crippen LogP contribution in [0, 0.1) is 10.8 Å². The van der Waals surface area contributed by atoms with E-state index >= 15 is 0 Å². The van der Waals surface area contributed by atoms with Gasteiger partial charge in [-0.05, 0) is 42.5 Å². The summed E-state index contributed by atoms with van der Waals surface area (Å²) < 4.78 is 5.52. The molecule has 128 valence electrons. The van der Waals surface area contributed by atoms with Crippen LogP contribution in [-0.2, 0) is 11.2 Å². The maximum Gasteiger partial charge on any atom is 0.156 e. The van der Waals surface area contributed by atoms with E-state index in [1.165, 1.54) is 0 Å². The SMILES string of the molecule is CCCC12CCC(=O)C=C1c1c(cc(OCC(=N)N)c(Cl)c1Cl)C2. The van der Waals surface area contributed by atoms with Crippen molar-refractivity contribution in [1.82, 2.24) is 0 Å². The third kappa shape index (κ3) is 2.82. The van der Waals surface area contributed by atoms with Gasteiger partial charge in [-0.1, -0.05) is 36.5 Å². The Morgan fingerprint density at radius 3 is 2.83 bits per heavy atom. The minimum absolute atomic E-state index is 0.0306. The number of ether oxygens (including phenoxy) is 1. The standard InChI is InChI=1S/C18H20Cl2N2O2/c1-2-4-18-5-3-11(23)7-12(18)15-10(8-18)6-13(16(19)17(15)20)24-9-14(21)22/h6-7H,2-5,8-9H2,1H3,(H3,21,22). The number of rotatable bonds is 5. The summed E-state index contributed by atoms with van der Waals surface area (Å²) in [6, 6.07) is 1.88. The molecule has 2 aliphatic rings. The molecule has 1 unspecified atom stereocenters. The minimum Gasteiger partial charge on any atom is -0.484 e. The minimum atomic E-state index is -0.0767. The van der Waals surface area contributed by atoms with Gasteiger partial charge in [-0.15, -0.1) is 0 Å². The Morgan fingerprint density at radius 2 is 2.17 bits per heavy atom. The molecule has 4 nitrogen and oxygen atoms in total. The average molecular weight is 367 g/mol. The van der Waals surface area contributed by atoms with Crippen LogP contribution in [0.4, 0.5) is 0 Å². The van der Waals surface area contributed by atoms with Crippen molar-refractivity contribution >= 4 is 40.4 Å². The number of halogens is 2. The van der Waals surface area contributed by atoms with Gasteiger partial charge in [0.15, 0.2) is 5.78 Å². The lowest BCUT2D eigenvalue weighted by atomic mass is 9.70. The van der Waals surface area contributed by atoms with Gasteiger partial charge in [-0.25, -0.2) is 0 Å². The number of benzene rings is 1. The second kappa shape index (κ2) is 6.41. The van der Waals surface area contributed by atoms with Crippen molar-refractivity contribution in [2.75, 3.05) is 6.61 Å². The topological polar surface area (TPSA) is 76.2 Å². The molecule has 6 heteroatoms. The highest BCUT2D eigenvalue weighted by Crippen LogP contribution is 2.58. The van der Waals surface area contributed by atoms with Gasteiger partial charge < -0.3 is 10.5 Å². The van der Waals surface area contributed by atoms with E-state index in [0.29, 0.717) is 22.2 Å². The Balaban J connectivity index is 2.09. The molecule has 0 aromatic heterocycles. The highest BCUT2D eigenvalue weighted by Gasteiger charge is 2.45. The summed E-state index contributed by atoms with van der Waals surface area (Å²) in [6.45, 7) is 2.12. The average Bonchev–Trinajstić information content (AvgIpc) is 2.83. The molecule has 3 N–H and O–H groups in total. The molecule has 1 aromatic rings. The lowest BCUT2D eigenvalue weighted by Gasteiger charge is -2.33. The first-order valence-corrected chi connectivity index (χ1v) is 8.85. The number of hydrogen-bond donors (Lipinski definition) is 2. The van der Waals surface area contributed by atoms with Crippen LogP contribution in [-0.4, -0.2) is 18.2 Å². The fraction of sp³-hybridized carbons (Fsp3) is 0.444. The molecule has 1 atom stereocenters. The molecule has 2 aliphatic carbocycles. The third-order valence-corrected chi connectivity index (χ3v) is 5.74. The summed E-state index contributed by atoms with van der Waals surface area (Å²) >= 11 is 12.9. The van der Waals surface area contributed by atoms with Gasteiger partial charge in [0.25, 0.3) is 0 Å². The van der Waals surface area contributed by atoms with E-state index in [4.69, 9.17) is 39.1 Å². The van der Waals surface area contributed by atoms with E-state index in [1.54, 1.807) is 6.08 Å². The van der Waals surface area contributed by atoms with E-state index < -0.39 is 0 Å². The number of carbonyl (C=O) groups is 1. The second-order valence-electron chi connectivity index (χ2n) is 6.58. The maximum absolute atomic E-state index is 12.0. The second-order valence-corrected chi connectivity index (χ2v) is 7.34. The van der Waals surface area contributed by atoms with Crippen LogP contribution in [0.2, 0.25) is 10.0 Å². The largest absolute Gasteiger partial charge is 0.484 e. The molecule has 0 radical (unpaired) electrons.